The number of hydrogen-bond donors (Lipinski definition) is 1. The zero-order valence-electron chi connectivity index (χ0n) is 17.2. The van der Waals surface area contributed by atoms with Gasteiger partial charge >= 0.3 is 0 Å². The summed E-state index contributed by atoms with van der Waals surface area (Å²) in [6.45, 7) is 10.2. The van der Waals surface area contributed by atoms with E-state index in [1.165, 1.54) is 67.0 Å². The first-order valence-corrected chi connectivity index (χ1v) is 10.9. The van der Waals surface area contributed by atoms with Crippen LogP contribution in [0.3, 0.4) is 0 Å². The van der Waals surface area contributed by atoms with Crippen molar-refractivity contribution in [1.29, 1.82) is 0 Å². The Balaban J connectivity index is 1.85. The van der Waals surface area contributed by atoms with E-state index in [1.807, 2.05) is 0 Å². The Kier molecular flexibility index (Phi) is 5.53. The van der Waals surface area contributed by atoms with E-state index >= 15 is 0 Å². The minimum Gasteiger partial charge on any atom is -0.370 e. The Morgan fingerprint density at radius 2 is 2.00 bits per heavy atom. The molecule has 0 bridgehead atoms. The molecule has 0 aliphatic carbocycles. The van der Waals surface area contributed by atoms with Gasteiger partial charge in [-0.25, -0.2) is 4.68 Å². The zero-order valence-corrected chi connectivity index (χ0v) is 17.2. The van der Waals surface area contributed by atoms with Crippen molar-refractivity contribution in [2.75, 3.05) is 25.0 Å². The molecule has 1 N–H and O–H groups in total. The highest BCUT2D eigenvalue weighted by Crippen LogP contribution is 2.38. The summed E-state index contributed by atoms with van der Waals surface area (Å²) in [4.78, 5) is 2.63. The normalized spacial score (nSPS) is 21.0. The van der Waals surface area contributed by atoms with Crippen LogP contribution in [0.1, 0.15) is 81.7 Å². The standard InChI is InChI=1S/C23H34N4/c1-4-26-16-10-8-14-21(26)22-19-12-7-9-15-24-23(19)27(25-22)20-13-6-5-11-18(20)17(2)3/h5-6,11,13,17,21,24H,4,7-10,12,14-16H2,1-3H3. The first-order valence-electron chi connectivity index (χ1n) is 10.9. The Hall–Kier alpha value is -1.81. The molecule has 2 aromatic rings. The van der Waals surface area contributed by atoms with Crippen LogP contribution in [0.15, 0.2) is 24.3 Å². The second-order valence-corrected chi connectivity index (χ2v) is 8.36. The molecule has 0 amide bonds. The fraction of sp³-hybridized carbons (Fsp3) is 0.609. The summed E-state index contributed by atoms with van der Waals surface area (Å²) in [7, 11) is 0. The van der Waals surface area contributed by atoms with Gasteiger partial charge in [-0.2, -0.15) is 5.10 Å². The van der Waals surface area contributed by atoms with Crippen LogP contribution in [-0.2, 0) is 6.42 Å². The molecule has 1 fully saturated rings. The van der Waals surface area contributed by atoms with Crippen molar-refractivity contribution in [3.05, 3.63) is 41.1 Å². The largest absolute Gasteiger partial charge is 0.370 e. The number of rotatable bonds is 4. The number of likely N-dealkylation sites (tertiary alicyclic amines) is 1. The average molecular weight is 367 g/mol. The molecule has 2 aliphatic heterocycles. The van der Waals surface area contributed by atoms with Crippen LogP contribution in [0.25, 0.3) is 5.69 Å². The van der Waals surface area contributed by atoms with Crippen molar-refractivity contribution in [3.63, 3.8) is 0 Å². The Bertz CT molecular complexity index is 777. The van der Waals surface area contributed by atoms with Crippen LogP contribution < -0.4 is 5.32 Å². The molecular formula is C23H34N4. The molecule has 1 atom stereocenters. The summed E-state index contributed by atoms with van der Waals surface area (Å²) < 4.78 is 2.23. The second kappa shape index (κ2) is 8.05. The van der Waals surface area contributed by atoms with Crippen molar-refractivity contribution in [1.82, 2.24) is 14.7 Å². The first kappa shape index (κ1) is 18.5. The van der Waals surface area contributed by atoms with Crippen molar-refractivity contribution in [2.45, 2.75) is 71.3 Å². The van der Waals surface area contributed by atoms with Crippen molar-refractivity contribution in [2.24, 2.45) is 0 Å². The fourth-order valence-electron chi connectivity index (χ4n) is 4.82. The Morgan fingerprint density at radius 3 is 2.81 bits per heavy atom. The molecule has 0 radical (unpaired) electrons. The third kappa shape index (κ3) is 3.52. The first-order chi connectivity index (χ1) is 13.2. The van der Waals surface area contributed by atoms with Gasteiger partial charge in [0.2, 0.25) is 0 Å². The molecule has 27 heavy (non-hydrogen) atoms. The summed E-state index contributed by atoms with van der Waals surface area (Å²) in [6, 6.07) is 9.26. The van der Waals surface area contributed by atoms with Gasteiger partial charge in [-0.1, -0.05) is 45.4 Å². The minimum absolute atomic E-state index is 0.477. The number of nitrogens with one attached hydrogen (secondary N) is 1. The van der Waals surface area contributed by atoms with E-state index < -0.39 is 0 Å². The number of aromatic nitrogens is 2. The number of nitrogens with zero attached hydrogens (tertiary/aromatic N) is 3. The zero-order chi connectivity index (χ0) is 18.8. The van der Waals surface area contributed by atoms with Gasteiger partial charge in [0.15, 0.2) is 0 Å². The van der Waals surface area contributed by atoms with Crippen molar-refractivity contribution < 1.29 is 0 Å². The molecule has 3 heterocycles. The predicted octanol–water partition coefficient (Wildman–Crippen LogP) is 5.29. The van der Waals surface area contributed by atoms with Gasteiger partial charge in [-0.15, -0.1) is 0 Å². The fourth-order valence-corrected chi connectivity index (χ4v) is 4.82. The minimum atomic E-state index is 0.477. The molecule has 0 saturated carbocycles. The van der Waals surface area contributed by atoms with E-state index in [1.54, 1.807) is 0 Å². The quantitative estimate of drug-likeness (QED) is 0.798. The van der Waals surface area contributed by atoms with E-state index in [4.69, 9.17) is 5.10 Å². The molecule has 4 heteroatoms. The van der Waals surface area contributed by atoms with E-state index in [0.29, 0.717) is 12.0 Å². The van der Waals surface area contributed by atoms with E-state index in [-0.39, 0.29) is 0 Å². The molecule has 1 unspecified atom stereocenters. The molecule has 2 aliphatic rings. The number of fused-ring (bicyclic) bond motifs is 1. The molecular weight excluding hydrogens is 332 g/mol. The van der Waals surface area contributed by atoms with Crippen LogP contribution in [0.2, 0.25) is 0 Å². The van der Waals surface area contributed by atoms with Gasteiger partial charge in [0, 0.05) is 12.1 Å². The van der Waals surface area contributed by atoms with Gasteiger partial charge in [0.05, 0.1) is 17.4 Å². The maximum atomic E-state index is 5.28. The lowest BCUT2D eigenvalue weighted by molar-refractivity contribution is 0.152. The highest BCUT2D eigenvalue weighted by molar-refractivity contribution is 5.57. The monoisotopic (exact) mass is 366 g/mol. The smallest absolute Gasteiger partial charge is 0.133 e. The highest BCUT2D eigenvalue weighted by atomic mass is 15.4. The predicted molar refractivity (Wildman–Crippen MR) is 113 cm³/mol. The molecule has 146 valence electrons. The van der Waals surface area contributed by atoms with Gasteiger partial charge < -0.3 is 5.32 Å². The topological polar surface area (TPSA) is 33.1 Å². The number of anilines is 1. The number of piperidine rings is 1. The number of benzene rings is 1. The van der Waals surface area contributed by atoms with Gasteiger partial charge in [0.25, 0.3) is 0 Å². The summed E-state index contributed by atoms with van der Waals surface area (Å²) in [5.74, 6) is 1.73. The Morgan fingerprint density at radius 1 is 1.15 bits per heavy atom. The second-order valence-electron chi connectivity index (χ2n) is 8.36. The summed E-state index contributed by atoms with van der Waals surface area (Å²) in [6.07, 6.45) is 7.52. The summed E-state index contributed by atoms with van der Waals surface area (Å²) in [5, 5.41) is 9.01. The third-order valence-corrected chi connectivity index (χ3v) is 6.28. The third-order valence-electron chi connectivity index (χ3n) is 6.28. The van der Waals surface area contributed by atoms with E-state index in [0.717, 1.165) is 19.5 Å². The van der Waals surface area contributed by atoms with Gasteiger partial charge in [-0.3, -0.25) is 4.90 Å². The lowest BCUT2D eigenvalue weighted by Crippen LogP contribution is -2.34. The molecule has 4 nitrogen and oxygen atoms in total. The average Bonchev–Trinajstić information content (AvgIpc) is 2.88. The molecule has 1 aromatic carbocycles. The maximum Gasteiger partial charge on any atom is 0.133 e. The van der Waals surface area contributed by atoms with Gasteiger partial charge in [-0.05, 0) is 62.7 Å². The van der Waals surface area contributed by atoms with Crippen LogP contribution in [0.4, 0.5) is 5.82 Å². The molecule has 1 saturated heterocycles. The van der Waals surface area contributed by atoms with Crippen LogP contribution in [0, 0.1) is 0 Å². The summed E-state index contributed by atoms with van der Waals surface area (Å²) >= 11 is 0. The lowest BCUT2D eigenvalue weighted by Gasteiger charge is -2.34. The van der Waals surface area contributed by atoms with Gasteiger partial charge in [0.1, 0.15) is 5.82 Å². The summed E-state index contributed by atoms with van der Waals surface area (Å²) in [5.41, 5.74) is 5.41. The Labute approximate surface area is 164 Å². The molecule has 4 rings (SSSR count). The molecule has 0 spiro atoms. The van der Waals surface area contributed by atoms with Crippen molar-refractivity contribution in [3.8, 4) is 5.69 Å². The van der Waals surface area contributed by atoms with E-state index in [9.17, 15) is 0 Å². The SMILES string of the molecule is CCN1CCCCC1c1nn(-c2ccccc2C(C)C)c2c1CCCCN2. The lowest BCUT2D eigenvalue weighted by atomic mass is 9.95. The van der Waals surface area contributed by atoms with Crippen LogP contribution >= 0.6 is 0 Å². The number of hydrogen-bond acceptors (Lipinski definition) is 3. The van der Waals surface area contributed by atoms with Crippen LogP contribution in [-0.4, -0.2) is 34.3 Å². The maximum absolute atomic E-state index is 5.28. The number of para-hydroxylation sites is 1. The highest BCUT2D eigenvalue weighted by Gasteiger charge is 2.31. The van der Waals surface area contributed by atoms with Crippen molar-refractivity contribution >= 4 is 5.82 Å². The van der Waals surface area contributed by atoms with Crippen LogP contribution in [0.5, 0.6) is 0 Å². The van der Waals surface area contributed by atoms with E-state index in [2.05, 4.69) is 59.9 Å². The molecule has 1 aromatic heterocycles.